The summed E-state index contributed by atoms with van der Waals surface area (Å²) in [5, 5.41) is 21.2. The molecule has 0 bridgehead atoms. The fourth-order valence-electron chi connectivity index (χ4n) is 7.44. The van der Waals surface area contributed by atoms with Crippen LogP contribution in [0.15, 0.2) is 0 Å². The Morgan fingerprint density at radius 3 is 2.61 bits per heavy atom. The third kappa shape index (κ3) is 1.52. The SMILES string of the molecule is C[C@]12CCC3C(C1CCC2=O)[C@H](O)C[C@]12O[C@H]1[C@@H](O)CC[C@]32C. The Morgan fingerprint density at radius 1 is 1.04 bits per heavy atom. The topological polar surface area (TPSA) is 70.1 Å². The van der Waals surface area contributed by atoms with E-state index in [0.717, 1.165) is 32.1 Å². The molecule has 0 amide bonds. The Balaban J connectivity index is 1.55. The highest BCUT2D eigenvalue weighted by atomic mass is 16.6. The first-order chi connectivity index (χ1) is 10.8. The number of epoxide rings is 1. The zero-order chi connectivity index (χ0) is 16.2. The molecule has 1 heterocycles. The van der Waals surface area contributed by atoms with Gasteiger partial charge in [0.25, 0.3) is 0 Å². The summed E-state index contributed by atoms with van der Waals surface area (Å²) in [4.78, 5) is 12.4. The van der Waals surface area contributed by atoms with Crippen molar-refractivity contribution in [2.24, 2.45) is 28.6 Å². The molecule has 1 aliphatic heterocycles. The molecular formula is C19H28O4. The van der Waals surface area contributed by atoms with E-state index in [1.165, 1.54) is 0 Å². The van der Waals surface area contributed by atoms with E-state index in [2.05, 4.69) is 13.8 Å². The van der Waals surface area contributed by atoms with Crippen molar-refractivity contribution in [1.29, 1.82) is 0 Å². The number of carbonyl (C=O) groups is 1. The van der Waals surface area contributed by atoms with Gasteiger partial charge in [-0.25, -0.2) is 0 Å². The predicted molar refractivity (Wildman–Crippen MR) is 83.6 cm³/mol. The monoisotopic (exact) mass is 320 g/mol. The minimum absolute atomic E-state index is 0.0494. The maximum absolute atomic E-state index is 12.4. The average Bonchev–Trinajstić information content (AvgIpc) is 3.17. The first kappa shape index (κ1) is 14.9. The lowest BCUT2D eigenvalue weighted by atomic mass is 9.44. The summed E-state index contributed by atoms with van der Waals surface area (Å²) in [7, 11) is 0. The van der Waals surface area contributed by atoms with Crippen molar-refractivity contribution >= 4 is 5.78 Å². The van der Waals surface area contributed by atoms with Crippen molar-refractivity contribution in [2.75, 3.05) is 0 Å². The van der Waals surface area contributed by atoms with Gasteiger partial charge in [-0.1, -0.05) is 13.8 Å². The van der Waals surface area contributed by atoms with Crippen molar-refractivity contribution in [2.45, 2.75) is 82.7 Å². The first-order valence-electron chi connectivity index (χ1n) is 9.41. The van der Waals surface area contributed by atoms with Gasteiger partial charge in [-0.3, -0.25) is 4.79 Å². The number of aliphatic hydroxyl groups is 2. The van der Waals surface area contributed by atoms with Gasteiger partial charge in [-0.15, -0.1) is 0 Å². The van der Waals surface area contributed by atoms with Gasteiger partial charge in [-0.05, 0) is 49.9 Å². The van der Waals surface area contributed by atoms with E-state index in [9.17, 15) is 15.0 Å². The molecule has 0 radical (unpaired) electrons. The molecule has 4 heteroatoms. The van der Waals surface area contributed by atoms with Crippen LogP contribution in [0.25, 0.3) is 0 Å². The van der Waals surface area contributed by atoms with Gasteiger partial charge < -0.3 is 14.9 Å². The second-order valence-electron chi connectivity index (χ2n) is 9.43. The smallest absolute Gasteiger partial charge is 0.139 e. The second kappa shape index (κ2) is 4.20. The fraction of sp³-hybridized carbons (Fsp3) is 0.947. The molecule has 0 aromatic carbocycles. The Bertz CT molecular complexity index is 576. The molecule has 9 atom stereocenters. The molecule has 2 N–H and O–H groups in total. The molecule has 0 aromatic rings. The van der Waals surface area contributed by atoms with Gasteiger partial charge >= 0.3 is 0 Å². The Morgan fingerprint density at radius 2 is 1.83 bits per heavy atom. The van der Waals surface area contributed by atoms with E-state index in [1.807, 2.05) is 0 Å². The zero-order valence-corrected chi connectivity index (χ0v) is 14.1. The summed E-state index contributed by atoms with van der Waals surface area (Å²) < 4.78 is 6.08. The highest BCUT2D eigenvalue weighted by molar-refractivity contribution is 5.87. The van der Waals surface area contributed by atoms with E-state index in [-0.39, 0.29) is 40.7 Å². The van der Waals surface area contributed by atoms with Crippen LogP contribution in [0.2, 0.25) is 0 Å². The minimum Gasteiger partial charge on any atom is -0.393 e. The van der Waals surface area contributed by atoms with Crippen molar-refractivity contribution in [3.05, 3.63) is 0 Å². The van der Waals surface area contributed by atoms with E-state index in [1.54, 1.807) is 0 Å². The Hall–Kier alpha value is -0.450. The number of carbonyl (C=O) groups excluding carboxylic acids is 1. The third-order valence-corrected chi connectivity index (χ3v) is 8.83. The van der Waals surface area contributed by atoms with E-state index >= 15 is 0 Å². The summed E-state index contributed by atoms with van der Waals surface area (Å²) in [6, 6.07) is 0. The number of ketones is 1. The lowest BCUT2D eigenvalue weighted by Gasteiger charge is -2.60. The number of ether oxygens (including phenoxy) is 1. The van der Waals surface area contributed by atoms with Crippen LogP contribution < -0.4 is 0 Å². The van der Waals surface area contributed by atoms with Crippen molar-refractivity contribution in [3.63, 3.8) is 0 Å². The summed E-state index contributed by atoms with van der Waals surface area (Å²) in [5.41, 5.74) is -0.462. The molecule has 23 heavy (non-hydrogen) atoms. The van der Waals surface area contributed by atoms with Crippen molar-refractivity contribution in [1.82, 2.24) is 0 Å². The summed E-state index contributed by atoms with van der Waals surface area (Å²) in [6.45, 7) is 4.48. The number of rotatable bonds is 0. The average molecular weight is 320 g/mol. The highest BCUT2D eigenvalue weighted by Gasteiger charge is 2.77. The van der Waals surface area contributed by atoms with Crippen molar-refractivity contribution < 1.29 is 19.7 Å². The van der Waals surface area contributed by atoms with Crippen LogP contribution in [-0.2, 0) is 9.53 Å². The lowest BCUT2D eigenvalue weighted by molar-refractivity contribution is -0.166. The quantitative estimate of drug-likeness (QED) is 0.670. The van der Waals surface area contributed by atoms with Gasteiger partial charge in [0.15, 0.2) is 0 Å². The normalized spacial score (nSPS) is 63.7. The molecule has 0 aromatic heterocycles. The number of fused-ring (bicyclic) bond motifs is 4. The van der Waals surface area contributed by atoms with Crippen LogP contribution in [0, 0.1) is 28.6 Å². The molecule has 5 rings (SSSR count). The molecule has 3 unspecified atom stereocenters. The number of hydrogen-bond donors (Lipinski definition) is 2. The van der Waals surface area contributed by atoms with Gasteiger partial charge in [-0.2, -0.15) is 0 Å². The minimum atomic E-state index is -0.390. The third-order valence-electron chi connectivity index (χ3n) is 8.83. The van der Waals surface area contributed by atoms with Gasteiger partial charge in [0.1, 0.15) is 17.5 Å². The van der Waals surface area contributed by atoms with Crippen LogP contribution in [0.1, 0.15) is 58.8 Å². The summed E-state index contributed by atoms with van der Waals surface area (Å²) in [5.74, 6) is 1.41. The molecule has 4 aliphatic carbocycles. The number of hydrogen-bond acceptors (Lipinski definition) is 4. The molecule has 5 aliphatic rings. The molecule has 1 spiro atoms. The van der Waals surface area contributed by atoms with Crippen LogP contribution in [0.4, 0.5) is 0 Å². The van der Waals surface area contributed by atoms with Crippen LogP contribution >= 0.6 is 0 Å². The first-order valence-corrected chi connectivity index (χ1v) is 9.41. The molecular weight excluding hydrogens is 292 g/mol. The van der Waals surface area contributed by atoms with E-state index < -0.39 is 0 Å². The Labute approximate surface area is 137 Å². The van der Waals surface area contributed by atoms with Crippen LogP contribution in [0.5, 0.6) is 0 Å². The highest BCUT2D eigenvalue weighted by Crippen LogP contribution is 2.72. The predicted octanol–water partition coefficient (Wildman–Crippen LogP) is 2.06. The van der Waals surface area contributed by atoms with Gasteiger partial charge in [0, 0.05) is 23.7 Å². The largest absolute Gasteiger partial charge is 0.393 e. The number of aliphatic hydroxyl groups excluding tert-OH is 2. The van der Waals surface area contributed by atoms with Gasteiger partial charge in [0.2, 0.25) is 0 Å². The molecule has 4 nitrogen and oxygen atoms in total. The van der Waals surface area contributed by atoms with Crippen LogP contribution in [-0.4, -0.2) is 39.9 Å². The summed E-state index contributed by atoms with van der Waals surface area (Å²) >= 11 is 0. The maximum Gasteiger partial charge on any atom is 0.139 e. The maximum atomic E-state index is 12.4. The zero-order valence-electron chi connectivity index (χ0n) is 14.1. The second-order valence-corrected chi connectivity index (χ2v) is 9.43. The summed E-state index contributed by atoms with van der Waals surface area (Å²) in [6.07, 6.45) is 5.23. The van der Waals surface area contributed by atoms with Crippen molar-refractivity contribution in [3.8, 4) is 0 Å². The van der Waals surface area contributed by atoms with Crippen LogP contribution in [0.3, 0.4) is 0 Å². The fourth-order valence-corrected chi connectivity index (χ4v) is 7.44. The standard InChI is InChI=1S/C19H28O4/c1-17-7-5-11-15(10(17)3-4-14(17)22)13(21)9-19-16(23-19)12(20)6-8-18(11,19)2/h10-13,15-16,20-21H,3-9H2,1-2H3/t10?,11?,12-,13+,15?,16-,17-,18+,19-/m0/s1. The molecule has 4 saturated carbocycles. The molecule has 128 valence electrons. The van der Waals surface area contributed by atoms with E-state index in [4.69, 9.17) is 4.74 Å². The van der Waals surface area contributed by atoms with Gasteiger partial charge in [0.05, 0.1) is 12.2 Å². The Kier molecular flexibility index (Phi) is 2.71. The lowest BCUT2D eigenvalue weighted by Crippen LogP contribution is -2.62. The molecule has 1 saturated heterocycles. The molecule has 5 fully saturated rings. The number of Topliss-reactive ketones (excluding diaryl/α,β-unsaturated/α-hetero) is 1. The van der Waals surface area contributed by atoms with E-state index in [0.29, 0.717) is 30.5 Å².